The molecule has 0 fully saturated rings. The Balaban J connectivity index is 1.02. The highest BCUT2D eigenvalue weighted by Gasteiger charge is 2.40. The number of benzene rings is 8. The summed E-state index contributed by atoms with van der Waals surface area (Å²) in [4.78, 5) is 2.42. The molecule has 0 atom stereocenters. The van der Waals surface area contributed by atoms with Crippen molar-refractivity contribution in [2.24, 2.45) is 0 Å². The van der Waals surface area contributed by atoms with Gasteiger partial charge in [-0.2, -0.15) is 0 Å². The van der Waals surface area contributed by atoms with Crippen molar-refractivity contribution in [1.29, 1.82) is 0 Å². The molecule has 3 aliphatic carbocycles. The van der Waals surface area contributed by atoms with E-state index >= 15 is 0 Å². The van der Waals surface area contributed by atoms with Gasteiger partial charge in [0.15, 0.2) is 0 Å². The summed E-state index contributed by atoms with van der Waals surface area (Å²) in [6.45, 7) is 18.2. The Labute approximate surface area is 379 Å². The summed E-state index contributed by atoms with van der Waals surface area (Å²) in [6.07, 6.45) is 8.13. The van der Waals surface area contributed by atoms with Crippen molar-refractivity contribution in [3.63, 3.8) is 0 Å². The molecule has 0 bridgehead atoms. The molecule has 0 amide bonds. The van der Waals surface area contributed by atoms with Crippen molar-refractivity contribution >= 4 is 17.1 Å². The lowest BCUT2D eigenvalue weighted by molar-refractivity contribution is 0.660. The smallest absolute Gasteiger partial charge is 0.0533 e. The topological polar surface area (TPSA) is 3.24 Å². The van der Waals surface area contributed by atoms with E-state index in [-0.39, 0.29) is 16.2 Å². The molecule has 1 nitrogen and oxygen atoms in total. The largest absolute Gasteiger partial charge is 0.310 e. The van der Waals surface area contributed by atoms with Gasteiger partial charge >= 0.3 is 0 Å². The van der Waals surface area contributed by atoms with Gasteiger partial charge in [-0.15, -0.1) is 0 Å². The molecule has 0 N–H and O–H groups in total. The van der Waals surface area contributed by atoms with E-state index in [1.54, 1.807) is 0 Å². The predicted molar refractivity (Wildman–Crippen MR) is 272 cm³/mol. The van der Waals surface area contributed by atoms with Crippen LogP contribution < -0.4 is 4.90 Å². The van der Waals surface area contributed by atoms with Crippen molar-refractivity contribution in [1.82, 2.24) is 0 Å². The van der Waals surface area contributed by atoms with Crippen LogP contribution in [0.15, 0.2) is 207 Å². The summed E-state index contributed by atoms with van der Waals surface area (Å²) < 4.78 is 0. The van der Waals surface area contributed by atoms with E-state index in [9.17, 15) is 0 Å². The molecule has 11 rings (SSSR count). The van der Waals surface area contributed by atoms with Crippen LogP contribution in [0.5, 0.6) is 0 Å². The first-order valence-electron chi connectivity index (χ1n) is 22.7. The molecule has 0 saturated carbocycles. The lowest BCUT2D eigenvalue weighted by Crippen LogP contribution is -2.18. The molecular formula is C63H53N. The Kier molecular flexibility index (Phi) is 9.09. The van der Waals surface area contributed by atoms with E-state index < -0.39 is 0 Å². The summed E-state index contributed by atoms with van der Waals surface area (Å²) in [5.74, 6) is 0. The van der Waals surface area contributed by atoms with Crippen molar-refractivity contribution in [2.75, 3.05) is 4.90 Å². The standard InChI is InChI=1S/C63H53N/c1-8-9-11-30-58(42-20-12-10-13-21-42)64(45-36-38-49-48-22-14-16-26-52(48)62(4,5)57(49)40-45)44-34-31-41(32-35-44)46-24-18-29-55-59(46)51-37-33-43(39-56(51)63(55,6)7)47-25-19-28-54-60(47)50-23-15-17-27-53(50)61(54,2)3/h8-40H,1H2,2-7H3/b11-9-,58-30+. The SMILES string of the molecule is C=C/C=C\C=C(/c1ccccc1)N(c1ccc(-c2cccc3c2-c2ccc(-c4cccc5c4-c4ccccc4C5(C)C)cc2C3(C)C)cc1)c1ccc2c(c1)C(C)(C)c1ccccc1-2. The second kappa shape index (κ2) is 14.7. The highest BCUT2D eigenvalue weighted by Crippen LogP contribution is 2.56. The Morgan fingerprint density at radius 3 is 1.55 bits per heavy atom. The number of hydrogen-bond donors (Lipinski definition) is 0. The van der Waals surface area contributed by atoms with E-state index in [1.807, 2.05) is 12.2 Å². The highest BCUT2D eigenvalue weighted by molar-refractivity contribution is 5.98. The number of anilines is 2. The molecule has 0 heterocycles. The van der Waals surface area contributed by atoms with E-state index in [2.05, 4.69) is 241 Å². The van der Waals surface area contributed by atoms with Gasteiger partial charge in [0.05, 0.1) is 5.70 Å². The van der Waals surface area contributed by atoms with Crippen LogP contribution in [0.3, 0.4) is 0 Å². The van der Waals surface area contributed by atoms with Gasteiger partial charge in [0.2, 0.25) is 0 Å². The highest BCUT2D eigenvalue weighted by atomic mass is 15.1. The van der Waals surface area contributed by atoms with Crippen LogP contribution >= 0.6 is 0 Å². The van der Waals surface area contributed by atoms with E-state index in [4.69, 9.17) is 0 Å². The number of allylic oxidation sites excluding steroid dienone is 4. The molecule has 0 unspecified atom stereocenters. The van der Waals surface area contributed by atoms with Gasteiger partial charge in [0.25, 0.3) is 0 Å². The summed E-state index contributed by atoms with van der Waals surface area (Å²) in [6, 6.07) is 65.9. The Hall–Kier alpha value is -7.22. The molecule has 0 aliphatic heterocycles. The minimum Gasteiger partial charge on any atom is -0.310 e. The minimum atomic E-state index is -0.169. The maximum atomic E-state index is 3.97. The van der Waals surface area contributed by atoms with Crippen molar-refractivity contribution in [3.05, 3.63) is 246 Å². The van der Waals surface area contributed by atoms with Crippen LogP contribution in [-0.4, -0.2) is 0 Å². The van der Waals surface area contributed by atoms with Crippen LogP contribution in [0.1, 0.15) is 80.5 Å². The molecule has 310 valence electrons. The summed E-state index contributed by atoms with van der Waals surface area (Å²) >= 11 is 0. The quantitative estimate of drug-likeness (QED) is 0.138. The van der Waals surface area contributed by atoms with Gasteiger partial charge in [-0.1, -0.05) is 212 Å². The zero-order chi connectivity index (χ0) is 44.0. The number of hydrogen-bond acceptors (Lipinski definition) is 1. The average molecular weight is 824 g/mol. The molecule has 0 spiro atoms. The van der Waals surface area contributed by atoms with Gasteiger partial charge < -0.3 is 4.90 Å². The monoisotopic (exact) mass is 823 g/mol. The minimum absolute atomic E-state index is 0.0394. The Morgan fingerprint density at radius 2 is 0.859 bits per heavy atom. The maximum absolute atomic E-state index is 3.97. The predicted octanol–water partition coefficient (Wildman–Crippen LogP) is 16.9. The molecule has 3 aliphatic rings. The van der Waals surface area contributed by atoms with Crippen LogP contribution in [0.2, 0.25) is 0 Å². The first-order chi connectivity index (χ1) is 31.0. The summed E-state index contributed by atoms with van der Waals surface area (Å²) in [5, 5.41) is 0. The first-order valence-corrected chi connectivity index (χ1v) is 22.7. The van der Waals surface area contributed by atoms with Gasteiger partial charge in [0.1, 0.15) is 0 Å². The fourth-order valence-electron chi connectivity index (χ4n) is 11.4. The molecule has 0 aromatic heterocycles. The van der Waals surface area contributed by atoms with E-state index in [1.165, 1.54) is 89.0 Å². The fraction of sp³-hybridized carbons (Fsp3) is 0.143. The van der Waals surface area contributed by atoms with E-state index in [0.29, 0.717) is 0 Å². The zero-order valence-corrected chi connectivity index (χ0v) is 37.7. The number of fused-ring (bicyclic) bond motifs is 9. The van der Waals surface area contributed by atoms with Crippen molar-refractivity contribution in [2.45, 2.75) is 57.8 Å². The number of nitrogens with zero attached hydrogens (tertiary/aromatic N) is 1. The first kappa shape index (κ1) is 39.6. The third kappa shape index (κ3) is 5.91. The second-order valence-corrected chi connectivity index (χ2v) is 19.3. The van der Waals surface area contributed by atoms with E-state index in [0.717, 1.165) is 22.6 Å². The van der Waals surface area contributed by atoms with Crippen LogP contribution in [0.25, 0.3) is 61.3 Å². The molecule has 64 heavy (non-hydrogen) atoms. The molecule has 0 saturated heterocycles. The molecule has 0 radical (unpaired) electrons. The van der Waals surface area contributed by atoms with Crippen molar-refractivity contribution < 1.29 is 0 Å². The van der Waals surface area contributed by atoms with Gasteiger partial charge in [0, 0.05) is 27.6 Å². The zero-order valence-electron chi connectivity index (χ0n) is 37.7. The van der Waals surface area contributed by atoms with Gasteiger partial charge in [-0.3, -0.25) is 0 Å². The van der Waals surface area contributed by atoms with Crippen LogP contribution in [-0.2, 0) is 16.2 Å². The number of rotatable bonds is 8. The van der Waals surface area contributed by atoms with Gasteiger partial charge in [-0.25, -0.2) is 0 Å². The molecule has 1 heteroatoms. The Bertz CT molecular complexity index is 3240. The third-order valence-corrected chi connectivity index (χ3v) is 14.7. The lowest BCUT2D eigenvalue weighted by atomic mass is 9.80. The molecular weight excluding hydrogens is 771 g/mol. The normalized spacial score (nSPS) is 15.5. The Morgan fingerprint density at radius 1 is 0.391 bits per heavy atom. The molecule has 8 aromatic carbocycles. The molecule has 8 aromatic rings. The third-order valence-electron chi connectivity index (χ3n) is 14.7. The fourth-order valence-corrected chi connectivity index (χ4v) is 11.4. The van der Waals surface area contributed by atoms with Crippen LogP contribution in [0, 0.1) is 0 Å². The second-order valence-electron chi connectivity index (χ2n) is 19.3. The maximum Gasteiger partial charge on any atom is 0.0533 e. The summed E-state index contributed by atoms with van der Waals surface area (Å²) in [7, 11) is 0. The van der Waals surface area contributed by atoms with Crippen LogP contribution in [0.4, 0.5) is 11.4 Å². The average Bonchev–Trinajstić information content (AvgIpc) is 3.81. The van der Waals surface area contributed by atoms with Crippen molar-refractivity contribution in [3.8, 4) is 55.6 Å². The lowest BCUT2D eigenvalue weighted by Gasteiger charge is -2.30. The summed E-state index contributed by atoms with van der Waals surface area (Å²) in [5.41, 5.74) is 25.5. The van der Waals surface area contributed by atoms with Gasteiger partial charge in [-0.05, 0) is 131 Å².